The van der Waals surface area contributed by atoms with E-state index >= 15 is 0 Å². The van der Waals surface area contributed by atoms with E-state index in [1.54, 1.807) is 25.1 Å². The molecule has 1 rings (SSSR count). The summed E-state index contributed by atoms with van der Waals surface area (Å²) in [6.45, 7) is 1.85. The van der Waals surface area contributed by atoms with Gasteiger partial charge in [-0.05, 0) is 28.9 Å². The van der Waals surface area contributed by atoms with Gasteiger partial charge in [0.25, 0.3) is 0 Å². The molecule has 1 unspecified atom stereocenters. The fourth-order valence-corrected chi connectivity index (χ4v) is 1.41. The molecule has 0 saturated heterocycles. The lowest BCUT2D eigenvalue weighted by Gasteiger charge is -2.10. The number of carbonyl (C=O) groups excluding carboxylic acids is 1. The summed E-state index contributed by atoms with van der Waals surface area (Å²) in [5.41, 5.74) is 0.535. The molecule has 0 aliphatic heterocycles. The third-order valence-corrected chi connectivity index (χ3v) is 2.45. The van der Waals surface area contributed by atoms with Gasteiger partial charge in [0.15, 0.2) is 6.29 Å². The Hall–Kier alpha value is -0.870. The highest BCUT2D eigenvalue weighted by atomic mass is 79.9. The Bertz CT molecular complexity index is 323. The topological polar surface area (TPSA) is 46.5 Å². The zero-order chi connectivity index (χ0) is 10.6. The highest BCUT2D eigenvalue weighted by Crippen LogP contribution is 2.27. The van der Waals surface area contributed by atoms with Crippen LogP contribution in [0.3, 0.4) is 0 Å². The van der Waals surface area contributed by atoms with Gasteiger partial charge in [-0.3, -0.25) is 4.79 Å². The lowest BCUT2D eigenvalue weighted by Crippen LogP contribution is -2.13. The number of halogens is 1. The Morgan fingerprint density at radius 3 is 2.93 bits per heavy atom. The molecule has 3 nitrogen and oxygen atoms in total. The molecule has 76 valence electrons. The molecule has 1 aromatic rings. The Kier molecular flexibility index (Phi) is 4.10. The molecule has 0 aliphatic rings. The highest BCUT2D eigenvalue weighted by molar-refractivity contribution is 9.10. The van der Waals surface area contributed by atoms with Crippen molar-refractivity contribution in [3.05, 3.63) is 28.2 Å². The molecule has 4 heteroatoms. The van der Waals surface area contributed by atoms with Crippen LogP contribution in [0.2, 0.25) is 0 Å². The molecule has 0 saturated carbocycles. The molecular formula is C10H11BrO3. The van der Waals surface area contributed by atoms with E-state index in [4.69, 9.17) is 9.84 Å². The quantitative estimate of drug-likeness (QED) is 0.841. The first kappa shape index (κ1) is 11.2. The molecule has 0 fully saturated rings. The molecule has 0 amide bonds. The second kappa shape index (κ2) is 5.12. The largest absolute Gasteiger partial charge is 0.490 e. The summed E-state index contributed by atoms with van der Waals surface area (Å²) < 4.78 is 5.91. The Morgan fingerprint density at radius 2 is 2.36 bits per heavy atom. The van der Waals surface area contributed by atoms with E-state index in [0.29, 0.717) is 15.8 Å². The van der Waals surface area contributed by atoms with Crippen molar-refractivity contribution in [3.63, 3.8) is 0 Å². The number of hydrogen-bond acceptors (Lipinski definition) is 3. The van der Waals surface area contributed by atoms with Crippen molar-refractivity contribution in [3.8, 4) is 5.75 Å². The van der Waals surface area contributed by atoms with E-state index in [-0.39, 0.29) is 6.61 Å². The zero-order valence-electron chi connectivity index (χ0n) is 7.74. The molecule has 0 bridgehead atoms. The smallest absolute Gasteiger partial charge is 0.151 e. The van der Waals surface area contributed by atoms with Crippen LogP contribution >= 0.6 is 15.9 Å². The van der Waals surface area contributed by atoms with Crippen molar-refractivity contribution in [2.24, 2.45) is 0 Å². The summed E-state index contributed by atoms with van der Waals surface area (Å²) >= 11 is 3.25. The van der Waals surface area contributed by atoms with E-state index in [9.17, 15) is 4.79 Å². The molecule has 1 N–H and O–H groups in total. The third kappa shape index (κ3) is 2.82. The molecule has 0 aromatic heterocycles. The van der Waals surface area contributed by atoms with Crippen LogP contribution in [0.15, 0.2) is 22.7 Å². The summed E-state index contributed by atoms with van der Waals surface area (Å²) in [4.78, 5) is 10.6. The van der Waals surface area contributed by atoms with E-state index in [1.165, 1.54) is 0 Å². The van der Waals surface area contributed by atoms with Crippen LogP contribution in [0.5, 0.6) is 5.75 Å². The fraction of sp³-hybridized carbons (Fsp3) is 0.300. The van der Waals surface area contributed by atoms with Crippen molar-refractivity contribution < 1.29 is 14.6 Å². The zero-order valence-corrected chi connectivity index (χ0v) is 9.32. The molecule has 0 radical (unpaired) electrons. The van der Waals surface area contributed by atoms with Gasteiger partial charge in [-0.15, -0.1) is 0 Å². The highest BCUT2D eigenvalue weighted by Gasteiger charge is 2.06. The molecule has 0 spiro atoms. The number of carbonyl (C=O) groups is 1. The predicted octanol–water partition coefficient (Wildman–Crippen LogP) is 2.02. The molecule has 14 heavy (non-hydrogen) atoms. The lowest BCUT2D eigenvalue weighted by atomic mass is 10.2. The standard InChI is InChI=1S/C10H11BrO3/c1-7(13)6-14-9-4-2-3-8(5-12)10(9)11/h2-5,7,13H,6H2,1H3. The Labute approximate surface area is 90.8 Å². The van der Waals surface area contributed by atoms with Crippen molar-refractivity contribution in [2.45, 2.75) is 13.0 Å². The number of aliphatic hydroxyl groups is 1. The van der Waals surface area contributed by atoms with Crippen molar-refractivity contribution in [1.82, 2.24) is 0 Å². The van der Waals surface area contributed by atoms with Crippen LogP contribution in [0.25, 0.3) is 0 Å². The minimum atomic E-state index is -0.526. The number of ether oxygens (including phenoxy) is 1. The summed E-state index contributed by atoms with van der Waals surface area (Å²) in [6, 6.07) is 5.15. The van der Waals surface area contributed by atoms with Gasteiger partial charge in [-0.2, -0.15) is 0 Å². The average Bonchev–Trinajstić information content (AvgIpc) is 2.16. The number of aliphatic hydroxyl groups excluding tert-OH is 1. The minimum Gasteiger partial charge on any atom is -0.490 e. The lowest BCUT2D eigenvalue weighted by molar-refractivity contribution is 0.112. The SMILES string of the molecule is CC(O)COc1cccc(C=O)c1Br. The second-order valence-electron chi connectivity index (χ2n) is 2.94. The summed E-state index contributed by atoms with van der Waals surface area (Å²) in [7, 11) is 0. The third-order valence-electron chi connectivity index (χ3n) is 1.60. The van der Waals surface area contributed by atoms with Crippen LogP contribution in [0.1, 0.15) is 17.3 Å². The van der Waals surface area contributed by atoms with Gasteiger partial charge in [0.1, 0.15) is 12.4 Å². The minimum absolute atomic E-state index is 0.209. The number of aldehydes is 1. The van der Waals surface area contributed by atoms with Crippen LogP contribution in [-0.4, -0.2) is 24.1 Å². The number of hydrogen-bond donors (Lipinski definition) is 1. The van der Waals surface area contributed by atoms with E-state index in [1.807, 2.05) is 0 Å². The maximum atomic E-state index is 10.6. The monoisotopic (exact) mass is 258 g/mol. The molecule has 1 atom stereocenters. The van der Waals surface area contributed by atoms with Crippen molar-refractivity contribution in [1.29, 1.82) is 0 Å². The Morgan fingerprint density at radius 1 is 1.64 bits per heavy atom. The van der Waals surface area contributed by atoms with E-state index in [0.717, 1.165) is 6.29 Å². The summed E-state index contributed by atoms with van der Waals surface area (Å²) in [6.07, 6.45) is 0.223. The first-order valence-corrected chi connectivity index (χ1v) is 4.99. The number of rotatable bonds is 4. The van der Waals surface area contributed by atoms with E-state index < -0.39 is 6.10 Å². The fourth-order valence-electron chi connectivity index (χ4n) is 0.941. The molecular weight excluding hydrogens is 248 g/mol. The van der Waals surface area contributed by atoms with Crippen molar-refractivity contribution in [2.75, 3.05) is 6.61 Å². The van der Waals surface area contributed by atoms with Gasteiger partial charge in [-0.1, -0.05) is 12.1 Å². The summed E-state index contributed by atoms with van der Waals surface area (Å²) in [5, 5.41) is 9.02. The van der Waals surface area contributed by atoms with Crippen LogP contribution in [0.4, 0.5) is 0 Å². The number of benzene rings is 1. The summed E-state index contributed by atoms with van der Waals surface area (Å²) in [5.74, 6) is 0.565. The molecule has 0 aliphatic carbocycles. The van der Waals surface area contributed by atoms with Crippen LogP contribution < -0.4 is 4.74 Å². The van der Waals surface area contributed by atoms with Gasteiger partial charge < -0.3 is 9.84 Å². The average molecular weight is 259 g/mol. The van der Waals surface area contributed by atoms with E-state index in [2.05, 4.69) is 15.9 Å². The van der Waals surface area contributed by atoms with Crippen LogP contribution in [0, 0.1) is 0 Å². The van der Waals surface area contributed by atoms with Gasteiger partial charge >= 0.3 is 0 Å². The van der Waals surface area contributed by atoms with Gasteiger partial charge in [0.2, 0.25) is 0 Å². The van der Waals surface area contributed by atoms with Crippen LogP contribution in [-0.2, 0) is 0 Å². The first-order valence-electron chi connectivity index (χ1n) is 4.19. The molecule has 1 aromatic carbocycles. The second-order valence-corrected chi connectivity index (χ2v) is 3.73. The predicted molar refractivity (Wildman–Crippen MR) is 56.7 cm³/mol. The Balaban J connectivity index is 2.81. The molecule has 0 heterocycles. The van der Waals surface area contributed by atoms with Gasteiger partial charge in [0.05, 0.1) is 10.6 Å². The normalized spacial score (nSPS) is 12.2. The van der Waals surface area contributed by atoms with Gasteiger partial charge in [-0.25, -0.2) is 0 Å². The maximum absolute atomic E-state index is 10.6. The first-order chi connectivity index (χ1) is 6.65. The maximum Gasteiger partial charge on any atom is 0.151 e. The van der Waals surface area contributed by atoms with Gasteiger partial charge in [0, 0.05) is 5.56 Å². The van der Waals surface area contributed by atoms with Crippen molar-refractivity contribution >= 4 is 22.2 Å².